The lowest BCUT2D eigenvalue weighted by Crippen LogP contribution is -2.21. The average molecular weight is 302 g/mol. The van der Waals surface area contributed by atoms with Crippen molar-refractivity contribution < 1.29 is 20.1 Å². The number of aryl methyl sites for hydroxylation is 1. The second-order valence-corrected chi connectivity index (χ2v) is 5.27. The van der Waals surface area contributed by atoms with Gasteiger partial charge in [0.2, 0.25) is 0 Å². The number of aliphatic hydroxyl groups is 2. The molecule has 22 heavy (non-hydrogen) atoms. The Hall–Kier alpha value is -2.04. The van der Waals surface area contributed by atoms with E-state index in [4.69, 9.17) is 9.84 Å². The Labute approximate surface area is 130 Å². The summed E-state index contributed by atoms with van der Waals surface area (Å²) in [6, 6.07) is 13.0. The van der Waals surface area contributed by atoms with Crippen molar-refractivity contribution in [3.63, 3.8) is 0 Å². The summed E-state index contributed by atoms with van der Waals surface area (Å²) in [4.78, 5) is 0. The molecule has 0 bridgehead atoms. The fraction of sp³-hybridized carbons (Fsp3) is 0.333. The van der Waals surface area contributed by atoms with Crippen LogP contribution in [-0.2, 0) is 6.42 Å². The van der Waals surface area contributed by atoms with E-state index in [-0.39, 0.29) is 19.0 Å². The van der Waals surface area contributed by atoms with E-state index in [9.17, 15) is 10.2 Å². The van der Waals surface area contributed by atoms with Gasteiger partial charge in [-0.3, -0.25) is 0 Å². The fourth-order valence-electron chi connectivity index (χ4n) is 2.26. The minimum absolute atomic E-state index is 0.0752. The molecule has 0 aliphatic rings. The van der Waals surface area contributed by atoms with Crippen molar-refractivity contribution in [2.45, 2.75) is 25.9 Å². The third-order valence-electron chi connectivity index (χ3n) is 3.42. The smallest absolute Gasteiger partial charge is 0.122 e. The molecule has 0 aliphatic heterocycles. The van der Waals surface area contributed by atoms with Crippen molar-refractivity contribution in [3.8, 4) is 22.6 Å². The zero-order chi connectivity index (χ0) is 15.9. The Morgan fingerprint density at radius 1 is 1.05 bits per heavy atom. The van der Waals surface area contributed by atoms with Crippen LogP contribution in [0.1, 0.15) is 18.9 Å². The maximum absolute atomic E-state index is 9.40. The number of phenols is 1. The first-order valence-electron chi connectivity index (χ1n) is 7.48. The fourth-order valence-corrected chi connectivity index (χ4v) is 2.26. The second kappa shape index (κ2) is 7.82. The molecular weight excluding hydrogens is 280 g/mol. The van der Waals surface area contributed by atoms with Crippen molar-refractivity contribution in [2.24, 2.45) is 0 Å². The highest BCUT2D eigenvalue weighted by molar-refractivity contribution is 5.66. The van der Waals surface area contributed by atoms with Crippen LogP contribution in [0.25, 0.3) is 11.1 Å². The van der Waals surface area contributed by atoms with Crippen molar-refractivity contribution in [1.29, 1.82) is 0 Å². The summed E-state index contributed by atoms with van der Waals surface area (Å²) in [7, 11) is 0. The topological polar surface area (TPSA) is 69.9 Å². The third kappa shape index (κ3) is 4.23. The Kier molecular flexibility index (Phi) is 5.81. The van der Waals surface area contributed by atoms with Gasteiger partial charge in [-0.05, 0) is 47.4 Å². The Morgan fingerprint density at radius 3 is 2.36 bits per heavy atom. The Bertz CT molecular complexity index is 593. The molecule has 3 N–H and O–H groups in total. The molecule has 0 radical (unpaired) electrons. The zero-order valence-corrected chi connectivity index (χ0v) is 12.7. The number of benzene rings is 2. The maximum atomic E-state index is 9.40. The monoisotopic (exact) mass is 302 g/mol. The summed E-state index contributed by atoms with van der Waals surface area (Å²) in [6.07, 6.45) is 0.986. The van der Waals surface area contributed by atoms with Gasteiger partial charge in [0.1, 0.15) is 24.2 Å². The Balaban J connectivity index is 2.24. The van der Waals surface area contributed by atoms with Gasteiger partial charge in [-0.2, -0.15) is 0 Å². The minimum atomic E-state index is -0.869. The molecule has 0 amide bonds. The predicted octanol–water partition coefficient (Wildman–Crippen LogP) is 2.74. The number of ether oxygens (including phenoxy) is 1. The number of hydrogen-bond acceptors (Lipinski definition) is 4. The number of rotatable bonds is 7. The lowest BCUT2D eigenvalue weighted by Gasteiger charge is -2.15. The molecule has 1 atom stereocenters. The van der Waals surface area contributed by atoms with Crippen molar-refractivity contribution in [1.82, 2.24) is 0 Å². The van der Waals surface area contributed by atoms with E-state index in [1.165, 1.54) is 0 Å². The summed E-state index contributed by atoms with van der Waals surface area (Å²) in [5, 5.41) is 27.6. The van der Waals surface area contributed by atoms with Crippen LogP contribution in [-0.4, -0.2) is 34.6 Å². The normalized spacial score (nSPS) is 12.1. The molecule has 0 saturated heterocycles. The molecular formula is C18H22O4. The molecule has 2 aromatic carbocycles. The number of phenolic OH excluding ortho intramolecular Hbond substituents is 1. The largest absolute Gasteiger partial charge is 0.508 e. The van der Waals surface area contributed by atoms with E-state index in [0.29, 0.717) is 0 Å². The summed E-state index contributed by atoms with van der Waals surface area (Å²) in [5.41, 5.74) is 3.15. The van der Waals surface area contributed by atoms with E-state index in [1.807, 2.05) is 24.3 Å². The number of hydrogen-bond donors (Lipinski definition) is 3. The first kappa shape index (κ1) is 16.3. The van der Waals surface area contributed by atoms with Gasteiger partial charge in [-0.15, -0.1) is 0 Å². The lowest BCUT2D eigenvalue weighted by molar-refractivity contribution is 0.0533. The highest BCUT2D eigenvalue weighted by Gasteiger charge is 2.09. The van der Waals surface area contributed by atoms with Crippen LogP contribution < -0.4 is 4.74 Å². The Morgan fingerprint density at radius 2 is 1.73 bits per heavy atom. The van der Waals surface area contributed by atoms with Crippen LogP contribution in [0.4, 0.5) is 0 Å². The summed E-state index contributed by atoms with van der Waals surface area (Å²) in [6.45, 7) is 1.86. The van der Waals surface area contributed by atoms with Gasteiger partial charge in [0.05, 0.1) is 6.61 Å². The minimum Gasteiger partial charge on any atom is -0.508 e. The SMILES string of the molecule is CCCc1cc(-c2ccc(O)cc2)ccc1OCC(O)CO. The number of aromatic hydroxyl groups is 1. The highest BCUT2D eigenvalue weighted by atomic mass is 16.5. The molecule has 4 heteroatoms. The summed E-state index contributed by atoms with van der Waals surface area (Å²) in [5.74, 6) is 0.979. The van der Waals surface area contributed by atoms with Gasteiger partial charge < -0.3 is 20.1 Å². The van der Waals surface area contributed by atoms with Crippen LogP contribution in [0.15, 0.2) is 42.5 Å². The van der Waals surface area contributed by atoms with E-state index < -0.39 is 6.10 Å². The predicted molar refractivity (Wildman–Crippen MR) is 86.1 cm³/mol. The molecule has 0 aliphatic carbocycles. The van der Waals surface area contributed by atoms with E-state index in [0.717, 1.165) is 35.3 Å². The van der Waals surface area contributed by atoms with Crippen LogP contribution in [0.5, 0.6) is 11.5 Å². The van der Waals surface area contributed by atoms with E-state index in [2.05, 4.69) is 13.0 Å². The first-order valence-corrected chi connectivity index (χ1v) is 7.48. The van der Waals surface area contributed by atoms with Crippen molar-refractivity contribution in [3.05, 3.63) is 48.0 Å². The summed E-state index contributed by atoms with van der Waals surface area (Å²) < 4.78 is 5.60. The number of aliphatic hydroxyl groups excluding tert-OH is 2. The third-order valence-corrected chi connectivity index (χ3v) is 3.42. The van der Waals surface area contributed by atoms with Crippen LogP contribution in [0.2, 0.25) is 0 Å². The second-order valence-electron chi connectivity index (χ2n) is 5.27. The molecule has 118 valence electrons. The first-order chi connectivity index (χ1) is 10.6. The van der Waals surface area contributed by atoms with Gasteiger partial charge in [-0.25, -0.2) is 0 Å². The van der Waals surface area contributed by atoms with Crippen LogP contribution in [0, 0.1) is 0 Å². The summed E-state index contributed by atoms with van der Waals surface area (Å²) >= 11 is 0. The van der Waals surface area contributed by atoms with Gasteiger partial charge in [0.15, 0.2) is 0 Å². The maximum Gasteiger partial charge on any atom is 0.122 e. The van der Waals surface area contributed by atoms with Gasteiger partial charge in [-0.1, -0.05) is 31.5 Å². The quantitative estimate of drug-likeness (QED) is 0.735. The van der Waals surface area contributed by atoms with E-state index in [1.54, 1.807) is 12.1 Å². The van der Waals surface area contributed by atoms with E-state index >= 15 is 0 Å². The molecule has 1 unspecified atom stereocenters. The van der Waals surface area contributed by atoms with Crippen molar-refractivity contribution in [2.75, 3.05) is 13.2 Å². The molecule has 4 nitrogen and oxygen atoms in total. The zero-order valence-electron chi connectivity index (χ0n) is 12.7. The molecule has 0 saturated carbocycles. The van der Waals surface area contributed by atoms with Crippen LogP contribution >= 0.6 is 0 Å². The molecule has 2 rings (SSSR count). The molecule has 0 spiro atoms. The van der Waals surface area contributed by atoms with Gasteiger partial charge >= 0.3 is 0 Å². The van der Waals surface area contributed by atoms with Crippen LogP contribution in [0.3, 0.4) is 0 Å². The van der Waals surface area contributed by atoms with Gasteiger partial charge in [0, 0.05) is 0 Å². The average Bonchev–Trinajstić information content (AvgIpc) is 2.54. The van der Waals surface area contributed by atoms with Crippen molar-refractivity contribution >= 4 is 0 Å². The molecule has 0 fully saturated rings. The van der Waals surface area contributed by atoms with Gasteiger partial charge in [0.25, 0.3) is 0 Å². The molecule has 2 aromatic rings. The lowest BCUT2D eigenvalue weighted by atomic mass is 10.00. The molecule has 0 heterocycles. The highest BCUT2D eigenvalue weighted by Crippen LogP contribution is 2.28. The standard InChI is InChI=1S/C18H22O4/c1-2-3-15-10-14(13-4-7-16(20)8-5-13)6-9-18(15)22-12-17(21)11-19/h4-10,17,19-21H,2-3,11-12H2,1H3. The molecule has 0 aromatic heterocycles.